The lowest BCUT2D eigenvalue weighted by Gasteiger charge is -2.11. The predicted molar refractivity (Wildman–Crippen MR) is 85.6 cm³/mol. The first kappa shape index (κ1) is 15.3. The van der Waals surface area contributed by atoms with Crippen LogP contribution in [0.4, 0.5) is 15.8 Å². The van der Waals surface area contributed by atoms with Gasteiger partial charge >= 0.3 is 0 Å². The van der Waals surface area contributed by atoms with Gasteiger partial charge in [0, 0.05) is 14.5 Å². The number of halogens is 4. The van der Waals surface area contributed by atoms with E-state index in [9.17, 15) is 9.18 Å². The number of carbonyl (C=O) groups excluding carboxylic acids is 1. The summed E-state index contributed by atoms with van der Waals surface area (Å²) in [6.45, 7) is 0. The van der Waals surface area contributed by atoms with Crippen LogP contribution in [-0.4, -0.2) is 5.91 Å². The minimum Gasteiger partial charge on any atom is -0.397 e. The van der Waals surface area contributed by atoms with Gasteiger partial charge in [-0.2, -0.15) is 0 Å². The lowest BCUT2D eigenvalue weighted by Crippen LogP contribution is -2.14. The summed E-state index contributed by atoms with van der Waals surface area (Å²) in [6, 6.07) is 7.23. The quantitative estimate of drug-likeness (QED) is 0.681. The van der Waals surface area contributed by atoms with Crippen molar-refractivity contribution >= 4 is 60.7 Å². The Balaban J connectivity index is 2.30. The van der Waals surface area contributed by atoms with Crippen LogP contribution >= 0.6 is 43.5 Å². The fourth-order valence-electron chi connectivity index (χ4n) is 1.55. The first-order valence-corrected chi connectivity index (χ1v) is 7.36. The van der Waals surface area contributed by atoms with Crippen LogP contribution in [-0.2, 0) is 0 Å². The molecule has 2 rings (SSSR count). The van der Waals surface area contributed by atoms with E-state index in [1.54, 1.807) is 12.1 Å². The molecular formula is C13H8Br2ClFN2O. The maximum Gasteiger partial charge on any atom is 0.255 e. The molecule has 0 aliphatic carbocycles. The van der Waals surface area contributed by atoms with Gasteiger partial charge in [-0.05, 0) is 46.3 Å². The molecule has 0 saturated carbocycles. The zero-order valence-corrected chi connectivity index (χ0v) is 13.8. The van der Waals surface area contributed by atoms with E-state index in [-0.39, 0.29) is 10.6 Å². The Hall–Kier alpha value is -1.11. The molecule has 0 heterocycles. The van der Waals surface area contributed by atoms with Crippen LogP contribution in [0.5, 0.6) is 0 Å². The van der Waals surface area contributed by atoms with Gasteiger partial charge in [0.05, 0.1) is 16.4 Å². The third-order valence-corrected chi connectivity index (χ3v) is 3.90. The molecule has 0 unspecified atom stereocenters. The summed E-state index contributed by atoms with van der Waals surface area (Å²) in [5.74, 6) is -1.13. The van der Waals surface area contributed by atoms with Crippen LogP contribution in [0.3, 0.4) is 0 Å². The Labute approximate surface area is 136 Å². The molecule has 2 aromatic rings. The van der Waals surface area contributed by atoms with Crippen LogP contribution in [0.1, 0.15) is 10.4 Å². The van der Waals surface area contributed by atoms with Crippen molar-refractivity contribution in [2.24, 2.45) is 0 Å². The molecule has 0 aliphatic rings. The Morgan fingerprint density at radius 2 is 1.95 bits per heavy atom. The zero-order valence-electron chi connectivity index (χ0n) is 9.88. The highest BCUT2D eigenvalue weighted by Gasteiger charge is 2.13. The van der Waals surface area contributed by atoms with E-state index < -0.39 is 11.7 Å². The van der Waals surface area contributed by atoms with Crippen LogP contribution < -0.4 is 11.1 Å². The highest BCUT2D eigenvalue weighted by molar-refractivity contribution is 9.11. The van der Waals surface area contributed by atoms with Crippen molar-refractivity contribution < 1.29 is 9.18 Å². The van der Waals surface area contributed by atoms with Gasteiger partial charge in [-0.25, -0.2) is 4.39 Å². The van der Waals surface area contributed by atoms with Gasteiger partial charge < -0.3 is 11.1 Å². The molecule has 0 bridgehead atoms. The summed E-state index contributed by atoms with van der Waals surface area (Å²) in [6.07, 6.45) is 0. The standard InChI is InChI=1S/C13H8Br2ClFN2O/c14-7-4-8(15)12(11(18)5-7)19-13(20)6-1-2-9(16)10(17)3-6/h1-5H,18H2,(H,19,20). The minimum absolute atomic E-state index is 0.0362. The highest BCUT2D eigenvalue weighted by atomic mass is 79.9. The van der Waals surface area contributed by atoms with E-state index in [2.05, 4.69) is 37.2 Å². The lowest BCUT2D eigenvalue weighted by atomic mass is 10.2. The number of amides is 1. The van der Waals surface area contributed by atoms with Crippen molar-refractivity contribution in [2.45, 2.75) is 0 Å². The van der Waals surface area contributed by atoms with Crippen LogP contribution in [0.2, 0.25) is 5.02 Å². The molecule has 0 radical (unpaired) electrons. The predicted octanol–water partition coefficient (Wildman–Crippen LogP) is 4.84. The summed E-state index contributed by atoms with van der Waals surface area (Å²) >= 11 is 12.2. The average molecular weight is 422 g/mol. The maximum absolute atomic E-state index is 13.3. The molecule has 0 atom stereocenters. The van der Waals surface area contributed by atoms with Crippen LogP contribution in [0.15, 0.2) is 39.3 Å². The first-order chi connectivity index (χ1) is 9.38. The second kappa shape index (κ2) is 6.11. The van der Waals surface area contributed by atoms with Gasteiger partial charge in [0.15, 0.2) is 0 Å². The molecule has 3 N–H and O–H groups in total. The Morgan fingerprint density at radius 3 is 2.55 bits per heavy atom. The second-order valence-electron chi connectivity index (χ2n) is 3.93. The number of hydrogen-bond donors (Lipinski definition) is 2. The SMILES string of the molecule is Nc1cc(Br)cc(Br)c1NC(=O)c1ccc(Cl)c(F)c1. The topological polar surface area (TPSA) is 55.1 Å². The number of benzene rings is 2. The molecule has 2 aromatic carbocycles. The van der Waals surface area contributed by atoms with Crippen LogP contribution in [0.25, 0.3) is 0 Å². The lowest BCUT2D eigenvalue weighted by molar-refractivity contribution is 0.102. The average Bonchev–Trinajstić information content (AvgIpc) is 2.36. The van der Waals surface area contributed by atoms with Gasteiger partial charge in [0.1, 0.15) is 5.82 Å². The van der Waals surface area contributed by atoms with Crippen molar-refractivity contribution in [3.63, 3.8) is 0 Å². The van der Waals surface area contributed by atoms with Crippen LogP contribution in [0, 0.1) is 5.82 Å². The zero-order chi connectivity index (χ0) is 14.9. The fourth-order valence-corrected chi connectivity index (χ4v) is 3.02. The Bertz CT molecular complexity index is 671. The molecule has 20 heavy (non-hydrogen) atoms. The van der Waals surface area contributed by atoms with Gasteiger partial charge in [-0.1, -0.05) is 27.5 Å². The molecule has 0 spiro atoms. The number of rotatable bonds is 2. The molecule has 0 aromatic heterocycles. The number of nitrogens with one attached hydrogen (secondary N) is 1. The van der Waals surface area contributed by atoms with E-state index >= 15 is 0 Å². The van der Waals surface area contributed by atoms with E-state index in [1.807, 2.05) is 0 Å². The third kappa shape index (κ3) is 3.31. The molecular weight excluding hydrogens is 414 g/mol. The number of nitrogen functional groups attached to an aromatic ring is 1. The van der Waals surface area contributed by atoms with Crippen molar-refractivity contribution in [1.29, 1.82) is 0 Å². The number of nitrogens with two attached hydrogens (primary N) is 1. The largest absolute Gasteiger partial charge is 0.397 e. The third-order valence-electron chi connectivity index (χ3n) is 2.51. The van der Waals surface area contributed by atoms with Crippen molar-refractivity contribution in [3.05, 3.63) is 55.7 Å². The fraction of sp³-hybridized carbons (Fsp3) is 0. The van der Waals surface area contributed by atoms with Gasteiger partial charge in [-0.15, -0.1) is 0 Å². The number of hydrogen-bond acceptors (Lipinski definition) is 2. The number of anilines is 2. The second-order valence-corrected chi connectivity index (χ2v) is 6.11. The Morgan fingerprint density at radius 1 is 1.25 bits per heavy atom. The first-order valence-electron chi connectivity index (χ1n) is 5.39. The Kier molecular flexibility index (Phi) is 4.67. The van der Waals surface area contributed by atoms with E-state index in [0.29, 0.717) is 15.8 Å². The van der Waals surface area contributed by atoms with E-state index in [1.165, 1.54) is 12.1 Å². The smallest absolute Gasteiger partial charge is 0.255 e. The van der Waals surface area contributed by atoms with Gasteiger partial charge in [0.25, 0.3) is 5.91 Å². The molecule has 0 aliphatic heterocycles. The summed E-state index contributed by atoms with van der Waals surface area (Å²) < 4.78 is 14.7. The van der Waals surface area contributed by atoms with E-state index in [0.717, 1.165) is 10.5 Å². The van der Waals surface area contributed by atoms with E-state index in [4.69, 9.17) is 17.3 Å². The summed E-state index contributed by atoms with van der Waals surface area (Å²) in [7, 11) is 0. The van der Waals surface area contributed by atoms with Gasteiger partial charge in [0.2, 0.25) is 0 Å². The summed E-state index contributed by atoms with van der Waals surface area (Å²) in [5, 5.41) is 2.59. The van der Waals surface area contributed by atoms with Gasteiger partial charge in [-0.3, -0.25) is 4.79 Å². The maximum atomic E-state index is 13.3. The monoisotopic (exact) mass is 420 g/mol. The highest BCUT2D eigenvalue weighted by Crippen LogP contribution is 2.33. The summed E-state index contributed by atoms with van der Waals surface area (Å²) in [4.78, 5) is 12.1. The minimum atomic E-state index is -0.651. The molecule has 7 heteroatoms. The normalized spacial score (nSPS) is 10.4. The molecule has 1 amide bonds. The molecule has 0 fully saturated rings. The van der Waals surface area contributed by atoms with Crippen molar-refractivity contribution in [2.75, 3.05) is 11.1 Å². The van der Waals surface area contributed by atoms with Crippen molar-refractivity contribution in [3.8, 4) is 0 Å². The summed E-state index contributed by atoms with van der Waals surface area (Å²) in [5.41, 5.74) is 6.79. The van der Waals surface area contributed by atoms with Crippen molar-refractivity contribution in [1.82, 2.24) is 0 Å². The molecule has 3 nitrogen and oxygen atoms in total. The number of carbonyl (C=O) groups is 1. The molecule has 104 valence electrons. The molecule has 0 saturated heterocycles.